The monoisotopic (exact) mass is 338 g/mol. The number of hydrogen-bond acceptors (Lipinski definition) is 7. The number of aryl methyl sites for hydroxylation is 2. The van der Waals surface area contributed by atoms with Crippen LogP contribution in [0.2, 0.25) is 0 Å². The maximum atomic E-state index is 4.62. The fourth-order valence-corrected chi connectivity index (χ4v) is 8.99. The van der Waals surface area contributed by atoms with Crippen LogP contribution in [0, 0.1) is 13.8 Å². The topological polar surface area (TPSA) is 25.8 Å². The number of aromatic nitrogens is 2. The Morgan fingerprint density at radius 2 is 0.947 bits per heavy atom. The van der Waals surface area contributed by atoms with E-state index in [-0.39, 0.29) is 0 Å². The van der Waals surface area contributed by atoms with E-state index >= 15 is 0 Å². The molecule has 0 N–H and O–H groups in total. The Labute approximate surface area is 128 Å². The molecule has 0 unspecified atom stereocenters. The van der Waals surface area contributed by atoms with Crippen LogP contribution in [0.25, 0.3) is 37.9 Å². The number of thiazole rings is 2. The normalized spacial score (nSPS) is 12.7. The third-order valence-electron chi connectivity index (χ3n) is 3.04. The van der Waals surface area contributed by atoms with Crippen LogP contribution in [-0.4, -0.2) is 9.97 Å². The largest absolute Gasteiger partial charge is 0.231 e. The molecule has 2 nitrogen and oxygen atoms in total. The summed E-state index contributed by atoms with van der Waals surface area (Å²) in [6.07, 6.45) is 0. The Morgan fingerprint density at radius 1 is 0.526 bits per heavy atom. The van der Waals surface area contributed by atoms with Crippen LogP contribution in [-0.2, 0) is 0 Å². The lowest BCUT2D eigenvalue weighted by atomic mass is 10.5. The first-order valence-corrected chi connectivity index (χ1v) is 9.77. The fourth-order valence-electron chi connectivity index (χ4n) is 2.32. The van der Waals surface area contributed by atoms with E-state index in [9.17, 15) is 0 Å². The highest BCUT2D eigenvalue weighted by atomic mass is 32.1. The Bertz CT molecular complexity index is 998. The molecule has 0 spiro atoms. The van der Waals surface area contributed by atoms with E-state index in [1.165, 1.54) is 47.9 Å². The van der Waals surface area contributed by atoms with E-state index in [0.717, 1.165) is 0 Å². The van der Waals surface area contributed by atoms with Crippen LogP contribution < -0.4 is 0 Å². The van der Waals surface area contributed by atoms with Crippen LogP contribution in [0.4, 0.5) is 0 Å². The van der Waals surface area contributed by atoms with Crippen molar-refractivity contribution in [3.63, 3.8) is 0 Å². The van der Waals surface area contributed by atoms with Gasteiger partial charge in [0.25, 0.3) is 0 Å². The smallest absolute Gasteiger partial charge is 0.136 e. The summed E-state index contributed by atoms with van der Waals surface area (Å²) in [7, 11) is 0. The maximum absolute atomic E-state index is 4.62. The molecule has 94 valence electrons. The number of rotatable bonds is 0. The lowest BCUT2D eigenvalue weighted by molar-refractivity contribution is 1.36. The summed E-state index contributed by atoms with van der Waals surface area (Å²) in [5, 5.41) is 2.33. The molecule has 0 aliphatic heterocycles. The molecule has 0 saturated heterocycles. The van der Waals surface area contributed by atoms with Gasteiger partial charge in [0, 0.05) is 0 Å². The van der Waals surface area contributed by atoms with Gasteiger partial charge in [-0.15, -0.1) is 56.7 Å². The van der Waals surface area contributed by atoms with E-state index in [1.807, 2.05) is 56.7 Å². The molecule has 0 radical (unpaired) electrons. The first-order chi connectivity index (χ1) is 9.20. The van der Waals surface area contributed by atoms with Crippen molar-refractivity contribution in [1.29, 1.82) is 0 Å². The summed E-state index contributed by atoms with van der Waals surface area (Å²) in [5.41, 5.74) is 0. The summed E-state index contributed by atoms with van der Waals surface area (Å²) < 4.78 is 8.45. The van der Waals surface area contributed by atoms with Crippen LogP contribution in [0.1, 0.15) is 10.0 Å². The van der Waals surface area contributed by atoms with E-state index in [2.05, 4.69) is 23.8 Å². The summed E-state index contributed by atoms with van der Waals surface area (Å²) in [6, 6.07) is 0. The molecule has 5 rings (SSSR count). The zero-order valence-electron chi connectivity index (χ0n) is 9.94. The Kier molecular flexibility index (Phi) is 2.06. The Balaban J connectivity index is 2.04. The number of fused-ring (bicyclic) bond motifs is 7. The zero-order valence-corrected chi connectivity index (χ0v) is 14.0. The van der Waals surface area contributed by atoms with E-state index in [4.69, 9.17) is 0 Å². The molecule has 7 heteroatoms. The first kappa shape index (κ1) is 11.1. The number of hydrogen-bond donors (Lipinski definition) is 0. The van der Waals surface area contributed by atoms with Crippen LogP contribution in [0.15, 0.2) is 0 Å². The van der Waals surface area contributed by atoms with Crippen molar-refractivity contribution in [2.75, 3.05) is 0 Å². The molecule has 0 atom stereocenters. The highest BCUT2D eigenvalue weighted by Gasteiger charge is 2.20. The summed E-state index contributed by atoms with van der Waals surface area (Å²) in [4.78, 5) is 11.6. The van der Waals surface area contributed by atoms with Gasteiger partial charge in [0.2, 0.25) is 0 Å². The molecule has 5 heterocycles. The fraction of sp³-hybridized carbons (Fsp3) is 0.167. The molecule has 5 aromatic heterocycles. The number of nitrogens with zero attached hydrogens (tertiary/aromatic N) is 2. The lowest BCUT2D eigenvalue weighted by Gasteiger charge is -1.77. The molecule has 5 aromatic rings. The lowest BCUT2D eigenvalue weighted by Crippen LogP contribution is -1.60. The van der Waals surface area contributed by atoms with Gasteiger partial charge in [0.1, 0.15) is 9.66 Å². The van der Waals surface area contributed by atoms with Crippen molar-refractivity contribution >= 4 is 94.5 Å². The minimum Gasteiger partial charge on any atom is -0.231 e. The van der Waals surface area contributed by atoms with E-state index in [0.29, 0.717) is 0 Å². The van der Waals surface area contributed by atoms with Crippen LogP contribution >= 0.6 is 56.7 Å². The molecular weight excluding hydrogens is 332 g/mol. The molecule has 0 bridgehead atoms. The van der Waals surface area contributed by atoms with Crippen molar-refractivity contribution in [3.8, 4) is 0 Å². The second-order valence-corrected chi connectivity index (χ2v) is 9.78. The van der Waals surface area contributed by atoms with E-state index in [1.54, 1.807) is 0 Å². The number of thiophene rings is 3. The third kappa shape index (κ3) is 1.34. The second kappa shape index (κ2) is 3.53. The summed E-state index contributed by atoms with van der Waals surface area (Å²) in [6.45, 7) is 4.17. The third-order valence-corrected chi connectivity index (χ3v) is 9.35. The van der Waals surface area contributed by atoms with Crippen molar-refractivity contribution in [2.24, 2.45) is 0 Å². The van der Waals surface area contributed by atoms with Gasteiger partial charge in [-0.05, 0) is 13.8 Å². The van der Waals surface area contributed by atoms with Gasteiger partial charge in [-0.3, -0.25) is 0 Å². The van der Waals surface area contributed by atoms with E-state index < -0.39 is 0 Å². The Hall–Kier alpha value is -0.600. The van der Waals surface area contributed by atoms with Gasteiger partial charge in [0.15, 0.2) is 0 Å². The van der Waals surface area contributed by atoms with Gasteiger partial charge in [-0.25, -0.2) is 9.97 Å². The molecule has 0 aromatic carbocycles. The molecular formula is C12H6N2S5. The quantitative estimate of drug-likeness (QED) is 0.345. The molecule has 0 fully saturated rings. The van der Waals surface area contributed by atoms with Gasteiger partial charge in [0.05, 0.1) is 38.2 Å². The Morgan fingerprint density at radius 3 is 1.42 bits per heavy atom. The molecule has 19 heavy (non-hydrogen) atoms. The highest BCUT2D eigenvalue weighted by Crippen LogP contribution is 2.51. The molecule has 0 amide bonds. The average Bonchev–Trinajstić information content (AvgIpc) is 3.04. The van der Waals surface area contributed by atoms with Crippen molar-refractivity contribution < 1.29 is 0 Å². The maximum Gasteiger partial charge on any atom is 0.136 e. The predicted molar refractivity (Wildman–Crippen MR) is 90.9 cm³/mol. The van der Waals surface area contributed by atoms with Crippen molar-refractivity contribution in [3.05, 3.63) is 10.0 Å². The van der Waals surface area contributed by atoms with Gasteiger partial charge < -0.3 is 0 Å². The highest BCUT2D eigenvalue weighted by molar-refractivity contribution is 7.47. The van der Waals surface area contributed by atoms with Gasteiger partial charge in [-0.2, -0.15) is 0 Å². The standard InChI is InChI=1S/C12H6N2S5/c1-3-13-11-9(15-3)7-5(18-11)6-8(17-7)10-12(19-6)14-4(2)16-10/h1-2H3. The van der Waals surface area contributed by atoms with Gasteiger partial charge >= 0.3 is 0 Å². The zero-order chi connectivity index (χ0) is 12.7. The molecule has 0 saturated carbocycles. The van der Waals surface area contributed by atoms with Gasteiger partial charge in [-0.1, -0.05) is 0 Å². The SMILES string of the molecule is Cc1nc2sc3c(sc4c5sc(C)nc5sc43)c2s1. The summed E-state index contributed by atoms with van der Waals surface area (Å²) >= 11 is 9.24. The van der Waals surface area contributed by atoms with Crippen LogP contribution in [0.5, 0.6) is 0 Å². The average molecular weight is 339 g/mol. The minimum atomic E-state index is 1.17. The second-order valence-electron chi connectivity index (χ2n) is 4.36. The predicted octanol–water partition coefficient (Wildman–Crippen LogP) is 6.01. The minimum absolute atomic E-state index is 1.17. The van der Waals surface area contributed by atoms with Crippen molar-refractivity contribution in [1.82, 2.24) is 9.97 Å². The summed E-state index contributed by atoms with van der Waals surface area (Å²) in [5.74, 6) is 0. The molecule has 0 aliphatic carbocycles. The van der Waals surface area contributed by atoms with Crippen molar-refractivity contribution in [2.45, 2.75) is 13.8 Å². The molecule has 0 aliphatic rings. The first-order valence-electron chi connectivity index (χ1n) is 5.69. The van der Waals surface area contributed by atoms with Crippen LogP contribution in [0.3, 0.4) is 0 Å².